The van der Waals surface area contributed by atoms with Crippen LogP contribution in [0.2, 0.25) is 0 Å². The van der Waals surface area contributed by atoms with Crippen LogP contribution in [0.15, 0.2) is 42.5 Å². The van der Waals surface area contributed by atoms with Crippen molar-refractivity contribution in [1.29, 1.82) is 0 Å². The van der Waals surface area contributed by atoms with Gasteiger partial charge in [-0.1, -0.05) is 30.3 Å². The number of aromatic nitrogens is 1. The highest BCUT2D eigenvalue weighted by molar-refractivity contribution is 5.61. The molecule has 0 radical (unpaired) electrons. The smallest absolute Gasteiger partial charge is 0.124 e. The highest BCUT2D eigenvalue weighted by Crippen LogP contribution is 2.19. The number of nitrogens with two attached hydrogens (primary N) is 2. The molecule has 0 bridgehead atoms. The van der Waals surface area contributed by atoms with Crippen molar-refractivity contribution < 1.29 is 0 Å². The van der Waals surface area contributed by atoms with Gasteiger partial charge in [-0.05, 0) is 43.5 Å². The Labute approximate surface area is 132 Å². The summed E-state index contributed by atoms with van der Waals surface area (Å²) in [5, 5.41) is 0. The fourth-order valence-corrected chi connectivity index (χ4v) is 3.04. The van der Waals surface area contributed by atoms with Crippen molar-refractivity contribution in [3.8, 4) is 11.3 Å². The van der Waals surface area contributed by atoms with Crippen molar-refractivity contribution in [3.63, 3.8) is 0 Å². The van der Waals surface area contributed by atoms with Crippen LogP contribution in [0.5, 0.6) is 0 Å². The fourth-order valence-electron chi connectivity index (χ4n) is 3.04. The van der Waals surface area contributed by atoms with Crippen LogP contribution >= 0.6 is 0 Å². The van der Waals surface area contributed by atoms with Gasteiger partial charge in [0.05, 0.1) is 5.69 Å². The molecule has 4 nitrogen and oxygen atoms in total. The second kappa shape index (κ2) is 6.90. The van der Waals surface area contributed by atoms with Crippen LogP contribution in [0.4, 0.5) is 5.82 Å². The number of rotatable bonds is 4. The molecule has 1 aliphatic rings. The average molecular weight is 296 g/mol. The van der Waals surface area contributed by atoms with Gasteiger partial charge in [0.15, 0.2) is 0 Å². The Kier molecular flexibility index (Phi) is 4.71. The molecule has 2 heterocycles. The third-order valence-corrected chi connectivity index (χ3v) is 4.28. The van der Waals surface area contributed by atoms with Gasteiger partial charge in [-0.15, -0.1) is 0 Å². The zero-order valence-corrected chi connectivity index (χ0v) is 12.9. The first-order valence-corrected chi connectivity index (χ1v) is 8.00. The molecule has 1 aromatic heterocycles. The van der Waals surface area contributed by atoms with E-state index in [0.717, 1.165) is 30.8 Å². The average Bonchev–Trinajstić information content (AvgIpc) is 2.54. The van der Waals surface area contributed by atoms with E-state index in [9.17, 15) is 0 Å². The highest BCUT2D eigenvalue weighted by Gasteiger charge is 2.15. The largest absolute Gasteiger partial charge is 0.384 e. The number of nitrogens with zero attached hydrogens (tertiary/aromatic N) is 2. The van der Waals surface area contributed by atoms with Crippen molar-refractivity contribution in [1.82, 2.24) is 9.88 Å². The van der Waals surface area contributed by atoms with Crippen molar-refractivity contribution in [2.75, 3.05) is 25.4 Å². The predicted octanol–water partition coefficient (Wildman–Crippen LogP) is 2.30. The van der Waals surface area contributed by atoms with Gasteiger partial charge in [0, 0.05) is 24.7 Å². The molecule has 0 spiro atoms. The second-order valence-corrected chi connectivity index (χ2v) is 6.10. The Balaban J connectivity index is 1.59. The SMILES string of the molecule is Nc1cccc(-c2ccc(CCN3CCCC(N)C3)cc2)n1. The number of pyridine rings is 1. The van der Waals surface area contributed by atoms with Gasteiger partial charge in [0.2, 0.25) is 0 Å². The first-order valence-electron chi connectivity index (χ1n) is 8.00. The molecule has 1 unspecified atom stereocenters. The lowest BCUT2D eigenvalue weighted by Gasteiger charge is -2.30. The number of hydrogen-bond donors (Lipinski definition) is 2. The van der Waals surface area contributed by atoms with E-state index in [0.29, 0.717) is 11.9 Å². The van der Waals surface area contributed by atoms with E-state index in [1.165, 1.54) is 24.9 Å². The molecular formula is C18H24N4. The summed E-state index contributed by atoms with van der Waals surface area (Å²) < 4.78 is 0. The Morgan fingerprint density at radius 3 is 2.68 bits per heavy atom. The minimum atomic E-state index is 0.353. The van der Waals surface area contributed by atoms with E-state index in [2.05, 4.69) is 34.1 Å². The summed E-state index contributed by atoms with van der Waals surface area (Å²) in [5.41, 5.74) is 15.2. The molecule has 22 heavy (non-hydrogen) atoms. The normalized spacial score (nSPS) is 19.2. The van der Waals surface area contributed by atoms with Gasteiger partial charge < -0.3 is 16.4 Å². The van der Waals surface area contributed by atoms with Crippen LogP contribution < -0.4 is 11.5 Å². The molecule has 1 saturated heterocycles. The van der Waals surface area contributed by atoms with Gasteiger partial charge >= 0.3 is 0 Å². The molecule has 0 aliphatic carbocycles. The lowest BCUT2D eigenvalue weighted by molar-refractivity contribution is 0.211. The summed E-state index contributed by atoms with van der Waals surface area (Å²) in [6.07, 6.45) is 3.46. The van der Waals surface area contributed by atoms with Gasteiger partial charge in [-0.25, -0.2) is 4.98 Å². The number of benzene rings is 1. The maximum atomic E-state index is 6.03. The lowest BCUT2D eigenvalue weighted by atomic mass is 10.0. The summed E-state index contributed by atoms with van der Waals surface area (Å²) in [4.78, 5) is 6.83. The molecular weight excluding hydrogens is 272 g/mol. The monoisotopic (exact) mass is 296 g/mol. The molecule has 116 valence electrons. The lowest BCUT2D eigenvalue weighted by Crippen LogP contribution is -2.43. The minimum Gasteiger partial charge on any atom is -0.384 e. The number of hydrogen-bond acceptors (Lipinski definition) is 4. The van der Waals surface area contributed by atoms with Crippen molar-refractivity contribution in [2.45, 2.75) is 25.3 Å². The molecule has 3 rings (SSSR count). The highest BCUT2D eigenvalue weighted by atomic mass is 15.1. The van der Waals surface area contributed by atoms with E-state index in [-0.39, 0.29) is 0 Å². The van der Waals surface area contributed by atoms with Crippen LogP contribution in [0.3, 0.4) is 0 Å². The first kappa shape index (κ1) is 15.0. The van der Waals surface area contributed by atoms with Gasteiger partial charge in [-0.3, -0.25) is 0 Å². The second-order valence-electron chi connectivity index (χ2n) is 6.10. The molecule has 1 aliphatic heterocycles. The van der Waals surface area contributed by atoms with E-state index in [4.69, 9.17) is 11.5 Å². The van der Waals surface area contributed by atoms with Crippen LogP contribution in [0.1, 0.15) is 18.4 Å². The number of anilines is 1. The maximum absolute atomic E-state index is 6.03. The molecule has 4 N–H and O–H groups in total. The molecule has 1 fully saturated rings. The van der Waals surface area contributed by atoms with Crippen LogP contribution in [0.25, 0.3) is 11.3 Å². The van der Waals surface area contributed by atoms with Crippen LogP contribution in [0, 0.1) is 0 Å². The molecule has 1 atom stereocenters. The Morgan fingerprint density at radius 1 is 1.14 bits per heavy atom. The maximum Gasteiger partial charge on any atom is 0.124 e. The van der Waals surface area contributed by atoms with Crippen LogP contribution in [-0.4, -0.2) is 35.6 Å². The van der Waals surface area contributed by atoms with Crippen molar-refractivity contribution >= 4 is 5.82 Å². The molecule has 0 saturated carbocycles. The van der Waals surface area contributed by atoms with Crippen LogP contribution in [-0.2, 0) is 6.42 Å². The predicted molar refractivity (Wildman–Crippen MR) is 91.4 cm³/mol. The Hall–Kier alpha value is -1.91. The summed E-state index contributed by atoms with van der Waals surface area (Å²) >= 11 is 0. The van der Waals surface area contributed by atoms with E-state index in [1.54, 1.807) is 6.07 Å². The van der Waals surface area contributed by atoms with Gasteiger partial charge in [-0.2, -0.15) is 0 Å². The minimum absolute atomic E-state index is 0.353. The van der Waals surface area contributed by atoms with Gasteiger partial charge in [0.25, 0.3) is 0 Å². The summed E-state index contributed by atoms with van der Waals surface area (Å²) in [5.74, 6) is 0.558. The number of nitrogen functional groups attached to an aromatic ring is 1. The molecule has 2 aromatic rings. The molecule has 4 heteroatoms. The van der Waals surface area contributed by atoms with Crippen molar-refractivity contribution in [3.05, 3.63) is 48.0 Å². The van der Waals surface area contributed by atoms with Gasteiger partial charge in [0.1, 0.15) is 5.82 Å². The number of likely N-dealkylation sites (tertiary alicyclic amines) is 1. The topological polar surface area (TPSA) is 68.2 Å². The zero-order chi connectivity index (χ0) is 15.4. The fraction of sp³-hybridized carbons (Fsp3) is 0.389. The third kappa shape index (κ3) is 3.84. The molecule has 0 amide bonds. The first-order chi connectivity index (χ1) is 10.7. The van der Waals surface area contributed by atoms with E-state index >= 15 is 0 Å². The summed E-state index contributed by atoms with van der Waals surface area (Å²) in [7, 11) is 0. The van der Waals surface area contributed by atoms with E-state index < -0.39 is 0 Å². The van der Waals surface area contributed by atoms with E-state index in [1.807, 2.05) is 12.1 Å². The standard InChI is InChI=1S/C18H24N4/c19-16-3-2-11-22(13-16)12-10-14-6-8-15(9-7-14)17-4-1-5-18(20)21-17/h1,4-9,16H,2-3,10-13,19H2,(H2,20,21). The third-order valence-electron chi connectivity index (χ3n) is 4.28. The molecule has 1 aromatic carbocycles. The summed E-state index contributed by atoms with van der Waals surface area (Å²) in [6, 6.07) is 14.7. The van der Waals surface area contributed by atoms with Crippen molar-refractivity contribution in [2.24, 2.45) is 5.73 Å². The Morgan fingerprint density at radius 2 is 1.95 bits per heavy atom. The summed E-state index contributed by atoms with van der Waals surface area (Å²) in [6.45, 7) is 3.30. The zero-order valence-electron chi connectivity index (χ0n) is 12.9. The quantitative estimate of drug-likeness (QED) is 0.908. The Bertz CT molecular complexity index is 609. The number of piperidine rings is 1.